The van der Waals surface area contributed by atoms with Crippen LogP contribution in [0, 0.1) is 0 Å². The van der Waals surface area contributed by atoms with Crippen molar-refractivity contribution in [1.82, 2.24) is 14.5 Å². The number of para-hydroxylation sites is 1. The van der Waals surface area contributed by atoms with Crippen LogP contribution < -0.4 is 0 Å². The third kappa shape index (κ3) is 2.38. The lowest BCUT2D eigenvalue weighted by atomic mass is 10.2. The second kappa shape index (κ2) is 5.36. The number of aromatic nitrogens is 3. The molecule has 21 heavy (non-hydrogen) atoms. The zero-order valence-electron chi connectivity index (χ0n) is 11.7. The highest BCUT2D eigenvalue weighted by Crippen LogP contribution is 2.22. The zero-order chi connectivity index (χ0) is 14.8. The third-order valence-electron chi connectivity index (χ3n) is 3.44. The predicted molar refractivity (Wildman–Crippen MR) is 79.4 cm³/mol. The van der Waals surface area contributed by atoms with Crippen LogP contribution in [0.25, 0.3) is 11.0 Å². The number of rotatable bonds is 4. The van der Waals surface area contributed by atoms with E-state index in [2.05, 4.69) is 9.97 Å². The van der Waals surface area contributed by atoms with Gasteiger partial charge >= 0.3 is 5.97 Å². The van der Waals surface area contributed by atoms with Gasteiger partial charge in [0.2, 0.25) is 0 Å². The van der Waals surface area contributed by atoms with Crippen LogP contribution in [0.3, 0.4) is 0 Å². The summed E-state index contributed by atoms with van der Waals surface area (Å²) in [5.74, 6) is -0.0743. The smallest absolute Gasteiger partial charge is 0.337 e. The Bertz CT molecular complexity index is 794. The van der Waals surface area contributed by atoms with Gasteiger partial charge in [-0.25, -0.2) is 9.78 Å². The van der Waals surface area contributed by atoms with E-state index in [1.165, 1.54) is 0 Å². The number of nitrogens with zero attached hydrogens (tertiary/aromatic N) is 3. The summed E-state index contributed by atoms with van der Waals surface area (Å²) in [6, 6.07) is 10.9. The Labute approximate surface area is 121 Å². The number of imidazole rings is 1. The molecular formula is C16H15N3O2. The van der Waals surface area contributed by atoms with Gasteiger partial charge in [-0.15, -0.1) is 0 Å². The Morgan fingerprint density at radius 3 is 2.76 bits per heavy atom. The molecule has 106 valence electrons. The lowest BCUT2D eigenvalue weighted by molar-refractivity contribution is 0.0698. The number of benzene rings is 1. The SMILES string of the molecule is CCc1nc2cccc(C(=O)O)c2n1Cc1ccccn1. The van der Waals surface area contributed by atoms with Gasteiger partial charge in [0.1, 0.15) is 5.82 Å². The number of hydrogen-bond donors (Lipinski definition) is 1. The van der Waals surface area contributed by atoms with E-state index in [-0.39, 0.29) is 5.56 Å². The van der Waals surface area contributed by atoms with Crippen molar-refractivity contribution >= 4 is 17.0 Å². The minimum Gasteiger partial charge on any atom is -0.478 e. The Hall–Kier alpha value is -2.69. The van der Waals surface area contributed by atoms with Gasteiger partial charge in [0.15, 0.2) is 0 Å². The van der Waals surface area contributed by atoms with Gasteiger partial charge in [0.25, 0.3) is 0 Å². The molecule has 2 heterocycles. The molecule has 0 spiro atoms. The number of carboxylic acid groups (broad SMARTS) is 1. The third-order valence-corrected chi connectivity index (χ3v) is 3.44. The van der Waals surface area contributed by atoms with Crippen LogP contribution >= 0.6 is 0 Å². The quantitative estimate of drug-likeness (QED) is 0.798. The molecule has 0 saturated heterocycles. The van der Waals surface area contributed by atoms with Gasteiger partial charge in [-0.05, 0) is 24.3 Å². The average Bonchev–Trinajstić information content (AvgIpc) is 2.86. The van der Waals surface area contributed by atoms with Crippen LogP contribution in [-0.4, -0.2) is 25.6 Å². The fourth-order valence-electron chi connectivity index (χ4n) is 2.50. The summed E-state index contributed by atoms with van der Waals surface area (Å²) >= 11 is 0. The fourth-order valence-corrected chi connectivity index (χ4v) is 2.50. The first-order valence-corrected chi connectivity index (χ1v) is 6.82. The summed E-state index contributed by atoms with van der Waals surface area (Å²) in [5.41, 5.74) is 2.53. The molecule has 3 rings (SSSR count). The molecule has 1 aromatic carbocycles. The van der Waals surface area contributed by atoms with E-state index in [1.54, 1.807) is 18.3 Å². The van der Waals surface area contributed by atoms with Crippen LogP contribution in [0.4, 0.5) is 0 Å². The number of carboxylic acids is 1. The molecule has 0 radical (unpaired) electrons. The van der Waals surface area contributed by atoms with Crippen molar-refractivity contribution in [3.8, 4) is 0 Å². The predicted octanol–water partition coefficient (Wildman–Crippen LogP) is 2.74. The molecule has 0 unspecified atom stereocenters. The second-order valence-corrected chi connectivity index (χ2v) is 4.77. The number of aromatic carboxylic acids is 1. The van der Waals surface area contributed by atoms with Crippen LogP contribution in [-0.2, 0) is 13.0 Å². The number of hydrogen-bond acceptors (Lipinski definition) is 3. The zero-order valence-corrected chi connectivity index (χ0v) is 11.7. The van der Waals surface area contributed by atoms with E-state index in [1.807, 2.05) is 35.8 Å². The molecule has 0 fully saturated rings. The van der Waals surface area contributed by atoms with Crippen molar-refractivity contribution in [3.05, 3.63) is 59.7 Å². The maximum absolute atomic E-state index is 11.5. The Morgan fingerprint density at radius 2 is 2.10 bits per heavy atom. The second-order valence-electron chi connectivity index (χ2n) is 4.77. The molecular weight excluding hydrogens is 266 g/mol. The van der Waals surface area contributed by atoms with Crippen LogP contribution in [0.5, 0.6) is 0 Å². The first kappa shape index (κ1) is 13.3. The lowest BCUT2D eigenvalue weighted by Crippen LogP contribution is -2.08. The first-order chi connectivity index (χ1) is 10.2. The van der Waals surface area contributed by atoms with E-state index in [0.717, 1.165) is 17.9 Å². The minimum absolute atomic E-state index is 0.274. The van der Waals surface area contributed by atoms with Gasteiger partial charge in [-0.3, -0.25) is 4.98 Å². The number of aryl methyl sites for hydroxylation is 1. The van der Waals surface area contributed by atoms with Crippen molar-refractivity contribution < 1.29 is 9.90 Å². The van der Waals surface area contributed by atoms with Crippen molar-refractivity contribution in [2.24, 2.45) is 0 Å². The highest BCUT2D eigenvalue weighted by atomic mass is 16.4. The fraction of sp³-hybridized carbons (Fsp3) is 0.188. The molecule has 5 nitrogen and oxygen atoms in total. The largest absolute Gasteiger partial charge is 0.478 e. The molecule has 0 saturated carbocycles. The van der Waals surface area contributed by atoms with Crippen molar-refractivity contribution in [2.75, 3.05) is 0 Å². The maximum atomic E-state index is 11.5. The van der Waals surface area contributed by atoms with E-state index in [4.69, 9.17) is 0 Å². The van der Waals surface area contributed by atoms with Crippen molar-refractivity contribution in [1.29, 1.82) is 0 Å². The number of pyridine rings is 1. The van der Waals surface area contributed by atoms with E-state index >= 15 is 0 Å². The molecule has 2 aromatic heterocycles. The van der Waals surface area contributed by atoms with E-state index in [9.17, 15) is 9.90 Å². The summed E-state index contributed by atoms with van der Waals surface area (Å²) in [4.78, 5) is 20.3. The van der Waals surface area contributed by atoms with Crippen LogP contribution in [0.2, 0.25) is 0 Å². The van der Waals surface area contributed by atoms with Crippen LogP contribution in [0.1, 0.15) is 28.8 Å². The Balaban J connectivity index is 2.21. The van der Waals surface area contributed by atoms with Gasteiger partial charge in [-0.2, -0.15) is 0 Å². The summed E-state index contributed by atoms with van der Waals surface area (Å²) in [5, 5.41) is 9.40. The normalized spacial score (nSPS) is 10.9. The van der Waals surface area contributed by atoms with Gasteiger partial charge in [0.05, 0.1) is 28.8 Å². The minimum atomic E-state index is -0.939. The maximum Gasteiger partial charge on any atom is 0.337 e. The van der Waals surface area contributed by atoms with Gasteiger partial charge in [-0.1, -0.05) is 19.1 Å². The highest BCUT2D eigenvalue weighted by Gasteiger charge is 2.17. The molecule has 0 aliphatic rings. The topological polar surface area (TPSA) is 68.0 Å². The first-order valence-electron chi connectivity index (χ1n) is 6.82. The Kier molecular flexibility index (Phi) is 3.39. The summed E-state index contributed by atoms with van der Waals surface area (Å²) in [6.07, 6.45) is 2.47. The molecule has 0 aliphatic carbocycles. The summed E-state index contributed by atoms with van der Waals surface area (Å²) in [6.45, 7) is 2.53. The van der Waals surface area contributed by atoms with Crippen molar-refractivity contribution in [2.45, 2.75) is 19.9 Å². The number of carbonyl (C=O) groups is 1. The molecule has 0 bridgehead atoms. The van der Waals surface area contributed by atoms with Crippen molar-refractivity contribution in [3.63, 3.8) is 0 Å². The molecule has 1 N–H and O–H groups in total. The molecule has 0 aliphatic heterocycles. The molecule has 0 amide bonds. The average molecular weight is 281 g/mol. The standard InChI is InChI=1S/C16H15N3O2/c1-2-14-18-13-8-5-7-12(16(20)21)15(13)19(14)10-11-6-3-4-9-17-11/h3-9H,2,10H2,1H3,(H,20,21). The molecule has 5 heteroatoms. The molecule has 0 atom stereocenters. The number of fused-ring (bicyclic) bond motifs is 1. The lowest BCUT2D eigenvalue weighted by Gasteiger charge is -2.09. The van der Waals surface area contributed by atoms with E-state index in [0.29, 0.717) is 17.6 Å². The molecule has 3 aromatic rings. The van der Waals surface area contributed by atoms with Crippen LogP contribution in [0.15, 0.2) is 42.6 Å². The van der Waals surface area contributed by atoms with Gasteiger partial charge < -0.3 is 9.67 Å². The highest BCUT2D eigenvalue weighted by molar-refractivity contribution is 6.01. The van der Waals surface area contributed by atoms with E-state index < -0.39 is 5.97 Å². The summed E-state index contributed by atoms with van der Waals surface area (Å²) < 4.78 is 1.95. The monoisotopic (exact) mass is 281 g/mol. The summed E-state index contributed by atoms with van der Waals surface area (Å²) in [7, 11) is 0. The van der Waals surface area contributed by atoms with Gasteiger partial charge in [0, 0.05) is 12.6 Å². The Morgan fingerprint density at radius 1 is 1.24 bits per heavy atom.